The Bertz CT molecular complexity index is 361. The van der Waals surface area contributed by atoms with E-state index >= 15 is 0 Å². The molecule has 0 aromatic heterocycles. The van der Waals surface area contributed by atoms with Crippen LogP contribution >= 0.6 is 19.0 Å². The van der Waals surface area contributed by atoms with Gasteiger partial charge in [0.15, 0.2) is 6.23 Å². The van der Waals surface area contributed by atoms with E-state index in [2.05, 4.69) is 17.6 Å². The van der Waals surface area contributed by atoms with E-state index in [4.69, 9.17) is 18.9 Å². The highest BCUT2D eigenvalue weighted by molar-refractivity contribution is 8.44. The van der Waals surface area contributed by atoms with Gasteiger partial charge in [-0.05, 0) is 6.92 Å². The Morgan fingerprint density at radius 1 is 1.72 bits per heavy atom. The topological polar surface area (TPSA) is 94.1 Å². The lowest BCUT2D eigenvalue weighted by molar-refractivity contribution is -0.129. The summed E-state index contributed by atoms with van der Waals surface area (Å²) in [4.78, 5) is 20.0. The van der Waals surface area contributed by atoms with Gasteiger partial charge in [0.05, 0.1) is 12.2 Å². The number of methoxy groups -OCH3 is 1. The van der Waals surface area contributed by atoms with Gasteiger partial charge in [0, 0.05) is 20.5 Å². The highest BCUT2D eigenvalue weighted by atomic mass is 32.7. The fraction of sp³-hybridized carbons (Fsp3) is 0.889. The minimum absolute atomic E-state index is 0.111. The molecular formula is C9H18NO6PS. The highest BCUT2D eigenvalue weighted by Crippen LogP contribution is 2.48. The van der Waals surface area contributed by atoms with Gasteiger partial charge in [0.1, 0.15) is 6.10 Å². The van der Waals surface area contributed by atoms with Crippen molar-refractivity contribution in [3.05, 3.63) is 0 Å². The number of hydrogen-bond donors (Lipinski definition) is 3. The van der Waals surface area contributed by atoms with E-state index in [9.17, 15) is 9.36 Å². The van der Waals surface area contributed by atoms with Crippen molar-refractivity contribution < 1.29 is 28.3 Å². The molecule has 0 saturated carbocycles. The molecule has 0 aliphatic carbocycles. The maximum Gasteiger partial charge on any atom is 0.383 e. The third kappa shape index (κ3) is 4.87. The lowest BCUT2D eigenvalue weighted by Crippen LogP contribution is -2.41. The minimum atomic E-state index is -3.85. The molecule has 0 radical (unpaired) electrons. The van der Waals surface area contributed by atoms with Crippen molar-refractivity contribution in [2.45, 2.75) is 38.2 Å². The molecule has 2 N–H and O–H groups in total. The Labute approximate surface area is 111 Å². The normalized spacial score (nSPS) is 35.2. The van der Waals surface area contributed by atoms with Gasteiger partial charge < -0.3 is 19.7 Å². The highest BCUT2D eigenvalue weighted by Gasteiger charge is 2.45. The molecule has 0 aromatic carbocycles. The molecule has 1 rings (SSSR count). The molecule has 0 aromatic rings. The number of nitrogens with one attached hydrogen (secondary N) is 1. The SMILES string of the molecule is CO[C@@H]1C[C@@](C)(COP(=O)(O)S)O[C@H]1NC(C)=O. The maximum atomic E-state index is 11.0. The Morgan fingerprint density at radius 2 is 2.33 bits per heavy atom. The summed E-state index contributed by atoms with van der Waals surface area (Å²) in [5.41, 5.74) is -0.811. The van der Waals surface area contributed by atoms with Crippen molar-refractivity contribution in [2.75, 3.05) is 13.7 Å². The molecule has 0 spiro atoms. The molecule has 1 aliphatic rings. The zero-order chi connectivity index (χ0) is 14.0. The lowest BCUT2D eigenvalue weighted by Gasteiger charge is -2.24. The number of carbonyl (C=O) groups is 1. The summed E-state index contributed by atoms with van der Waals surface area (Å²) in [6.45, 7) is -0.875. The summed E-state index contributed by atoms with van der Waals surface area (Å²) in [6, 6.07) is 0. The molecule has 18 heavy (non-hydrogen) atoms. The second kappa shape index (κ2) is 5.90. The van der Waals surface area contributed by atoms with E-state index < -0.39 is 18.6 Å². The molecule has 9 heteroatoms. The lowest BCUT2D eigenvalue weighted by atomic mass is 10.0. The van der Waals surface area contributed by atoms with Crippen LogP contribution in [0.3, 0.4) is 0 Å². The Kier molecular flexibility index (Phi) is 5.22. The van der Waals surface area contributed by atoms with Gasteiger partial charge in [-0.3, -0.25) is 9.32 Å². The first-order valence-corrected chi connectivity index (χ1v) is 8.06. The Morgan fingerprint density at radius 3 is 2.78 bits per heavy atom. The van der Waals surface area contributed by atoms with Gasteiger partial charge in [-0.1, -0.05) is 12.2 Å². The quantitative estimate of drug-likeness (QED) is 0.511. The van der Waals surface area contributed by atoms with Crippen LogP contribution in [0.1, 0.15) is 20.3 Å². The van der Waals surface area contributed by atoms with E-state index in [-0.39, 0.29) is 18.6 Å². The molecular weight excluding hydrogens is 281 g/mol. The van der Waals surface area contributed by atoms with Gasteiger partial charge >= 0.3 is 6.80 Å². The van der Waals surface area contributed by atoms with E-state index in [1.54, 1.807) is 6.92 Å². The Balaban J connectivity index is 2.63. The predicted molar refractivity (Wildman–Crippen MR) is 67.3 cm³/mol. The summed E-state index contributed by atoms with van der Waals surface area (Å²) in [5, 5.41) is 2.60. The zero-order valence-corrected chi connectivity index (χ0v) is 12.2. The number of ether oxygens (including phenoxy) is 2. The molecule has 1 aliphatic heterocycles. The third-order valence-corrected chi connectivity index (χ3v) is 3.38. The van der Waals surface area contributed by atoms with Crippen LogP contribution in [0, 0.1) is 0 Å². The van der Waals surface area contributed by atoms with E-state index in [1.165, 1.54) is 14.0 Å². The predicted octanol–water partition coefficient (Wildman–Crippen LogP) is 0.689. The molecule has 1 fully saturated rings. The maximum absolute atomic E-state index is 11.0. The summed E-state index contributed by atoms with van der Waals surface area (Å²) in [5.74, 6) is -0.241. The van der Waals surface area contributed by atoms with E-state index in [1.807, 2.05) is 0 Å². The summed E-state index contributed by atoms with van der Waals surface area (Å²) < 4.78 is 26.5. The molecule has 1 unspecified atom stereocenters. The second-order valence-corrected chi connectivity index (χ2v) is 7.19. The zero-order valence-electron chi connectivity index (χ0n) is 10.5. The van der Waals surface area contributed by atoms with Crippen LogP contribution in [0.5, 0.6) is 0 Å². The molecule has 7 nitrogen and oxygen atoms in total. The van der Waals surface area contributed by atoms with Gasteiger partial charge in [0.25, 0.3) is 0 Å². The van der Waals surface area contributed by atoms with Crippen LogP contribution in [0.4, 0.5) is 0 Å². The number of rotatable bonds is 5. The molecule has 4 atom stereocenters. The van der Waals surface area contributed by atoms with Crippen LogP contribution in [0.2, 0.25) is 0 Å². The number of amides is 1. The first-order valence-electron chi connectivity index (χ1n) is 5.33. The van der Waals surface area contributed by atoms with Crippen molar-refractivity contribution in [3.63, 3.8) is 0 Å². The van der Waals surface area contributed by atoms with Crippen LogP contribution in [-0.4, -0.2) is 42.5 Å². The van der Waals surface area contributed by atoms with Crippen LogP contribution in [-0.2, 0) is 23.4 Å². The van der Waals surface area contributed by atoms with Crippen LogP contribution in [0.25, 0.3) is 0 Å². The first kappa shape index (κ1) is 15.9. The molecule has 106 valence electrons. The number of carbonyl (C=O) groups excluding carboxylic acids is 1. The van der Waals surface area contributed by atoms with Crippen LogP contribution in [0.15, 0.2) is 0 Å². The molecule has 1 amide bonds. The largest absolute Gasteiger partial charge is 0.383 e. The van der Waals surface area contributed by atoms with Crippen molar-refractivity contribution in [2.24, 2.45) is 0 Å². The summed E-state index contributed by atoms with van der Waals surface area (Å²) in [6.07, 6.45) is -0.498. The van der Waals surface area contributed by atoms with Gasteiger partial charge in [-0.15, -0.1) is 0 Å². The number of hydrogen-bond acceptors (Lipinski definition) is 5. The third-order valence-electron chi connectivity index (χ3n) is 2.57. The fourth-order valence-electron chi connectivity index (χ4n) is 1.81. The molecule has 1 heterocycles. The van der Waals surface area contributed by atoms with Gasteiger partial charge in [-0.25, -0.2) is 4.57 Å². The van der Waals surface area contributed by atoms with E-state index in [0.717, 1.165) is 0 Å². The van der Waals surface area contributed by atoms with Crippen molar-refractivity contribution in [1.82, 2.24) is 5.32 Å². The average molecular weight is 299 g/mol. The van der Waals surface area contributed by atoms with Crippen molar-refractivity contribution in [1.29, 1.82) is 0 Å². The minimum Gasteiger partial charge on any atom is -0.377 e. The van der Waals surface area contributed by atoms with Crippen LogP contribution < -0.4 is 5.32 Å². The monoisotopic (exact) mass is 299 g/mol. The number of thiol groups is 1. The molecule has 1 saturated heterocycles. The second-order valence-electron chi connectivity index (χ2n) is 4.43. The van der Waals surface area contributed by atoms with E-state index in [0.29, 0.717) is 6.42 Å². The summed E-state index contributed by atoms with van der Waals surface area (Å²) in [7, 11) is 1.50. The van der Waals surface area contributed by atoms with Crippen molar-refractivity contribution in [3.8, 4) is 0 Å². The fourth-order valence-corrected chi connectivity index (χ4v) is 2.42. The van der Waals surface area contributed by atoms with Gasteiger partial charge in [-0.2, -0.15) is 0 Å². The molecule has 0 bridgehead atoms. The first-order chi connectivity index (χ1) is 8.15. The average Bonchev–Trinajstić information content (AvgIpc) is 2.51. The van der Waals surface area contributed by atoms with Gasteiger partial charge in [0.2, 0.25) is 5.91 Å². The standard InChI is InChI=1S/C9H18NO6PS/c1-6(11)10-8-7(14-3)4-9(2,16-8)5-15-17(12,13)18/h7-8H,4-5H2,1-3H3,(H,10,11)(H2,12,13,18)/t7-,8-,9+/m1/s1. The Hall–Kier alpha value is -0.110. The van der Waals surface area contributed by atoms with Crippen molar-refractivity contribution >= 4 is 25.0 Å². The smallest absolute Gasteiger partial charge is 0.377 e. The summed E-state index contributed by atoms with van der Waals surface area (Å²) >= 11 is 3.42.